The molecule has 0 aromatic heterocycles. The van der Waals surface area contributed by atoms with E-state index in [0.29, 0.717) is 0 Å². The van der Waals surface area contributed by atoms with Crippen LogP contribution in [0.5, 0.6) is 0 Å². The molecule has 0 bridgehead atoms. The lowest BCUT2D eigenvalue weighted by Gasteiger charge is -2.27. The maximum absolute atomic E-state index is 3.84. The van der Waals surface area contributed by atoms with E-state index in [1.807, 2.05) is 0 Å². The van der Waals surface area contributed by atoms with Crippen LogP contribution in [0.25, 0.3) is 0 Å². The third-order valence-corrected chi connectivity index (χ3v) is 5.28. The molecule has 1 N–H and O–H groups in total. The summed E-state index contributed by atoms with van der Waals surface area (Å²) in [6.45, 7) is 6.05. The Hall–Kier alpha value is -0.0400. The predicted octanol–water partition coefficient (Wildman–Crippen LogP) is 4.37. The van der Waals surface area contributed by atoms with Crippen molar-refractivity contribution in [3.8, 4) is 0 Å². The molecular formula is C16H31N. The topological polar surface area (TPSA) is 12.0 Å². The number of nitrogens with one attached hydrogen (secondary N) is 1. The van der Waals surface area contributed by atoms with Gasteiger partial charge in [-0.15, -0.1) is 0 Å². The van der Waals surface area contributed by atoms with Crippen LogP contribution in [-0.2, 0) is 0 Å². The van der Waals surface area contributed by atoms with Crippen molar-refractivity contribution in [2.24, 2.45) is 17.8 Å². The van der Waals surface area contributed by atoms with Gasteiger partial charge in [0.05, 0.1) is 0 Å². The summed E-state index contributed by atoms with van der Waals surface area (Å²) in [4.78, 5) is 0. The van der Waals surface area contributed by atoms with Gasteiger partial charge in [-0.25, -0.2) is 0 Å². The van der Waals surface area contributed by atoms with Gasteiger partial charge in [-0.2, -0.15) is 0 Å². The Morgan fingerprint density at radius 2 is 1.76 bits per heavy atom. The van der Waals surface area contributed by atoms with Crippen LogP contribution >= 0.6 is 0 Å². The second-order valence-electron chi connectivity index (χ2n) is 6.57. The minimum Gasteiger partial charge on any atom is -0.314 e. The van der Waals surface area contributed by atoms with Gasteiger partial charge in [-0.3, -0.25) is 0 Å². The predicted molar refractivity (Wildman–Crippen MR) is 75.2 cm³/mol. The molecule has 2 aliphatic rings. The molecule has 1 nitrogen and oxygen atoms in total. The first-order chi connectivity index (χ1) is 8.29. The van der Waals surface area contributed by atoms with Crippen molar-refractivity contribution in [2.45, 2.75) is 77.7 Å². The van der Waals surface area contributed by atoms with Gasteiger partial charge in [-0.05, 0) is 43.6 Å². The highest BCUT2D eigenvalue weighted by molar-refractivity contribution is 4.82. The van der Waals surface area contributed by atoms with Crippen LogP contribution in [0.4, 0.5) is 0 Å². The molecule has 2 atom stereocenters. The molecular weight excluding hydrogens is 206 g/mol. The second-order valence-corrected chi connectivity index (χ2v) is 6.57. The molecule has 2 rings (SSSR count). The summed E-state index contributed by atoms with van der Waals surface area (Å²) < 4.78 is 0. The van der Waals surface area contributed by atoms with Crippen LogP contribution in [0.15, 0.2) is 0 Å². The lowest BCUT2D eigenvalue weighted by molar-refractivity contribution is 0.268. The Labute approximate surface area is 108 Å². The fourth-order valence-corrected chi connectivity index (χ4v) is 3.88. The second kappa shape index (κ2) is 6.78. The van der Waals surface area contributed by atoms with Gasteiger partial charge in [0.2, 0.25) is 0 Å². The summed E-state index contributed by atoms with van der Waals surface area (Å²) in [6, 6.07) is 0.850. The molecule has 0 aromatic carbocycles. The standard InChI is InChI=1S/C16H31N/c1-3-15-5-4-6-16(15)17-12-11-14-9-7-13(2)8-10-14/h13-17H,3-12H2,1-2H3. The summed E-state index contributed by atoms with van der Waals surface area (Å²) in [5.74, 6) is 3.00. The van der Waals surface area contributed by atoms with Crippen molar-refractivity contribution in [1.29, 1.82) is 0 Å². The average Bonchev–Trinajstić information content (AvgIpc) is 2.79. The van der Waals surface area contributed by atoms with Crippen LogP contribution in [-0.4, -0.2) is 12.6 Å². The third kappa shape index (κ3) is 3.98. The molecule has 0 aromatic rings. The average molecular weight is 237 g/mol. The van der Waals surface area contributed by atoms with Crippen molar-refractivity contribution in [1.82, 2.24) is 5.32 Å². The number of hydrogen-bond donors (Lipinski definition) is 1. The first-order valence-electron chi connectivity index (χ1n) is 8.03. The van der Waals surface area contributed by atoms with Crippen LogP contribution in [0.2, 0.25) is 0 Å². The third-order valence-electron chi connectivity index (χ3n) is 5.28. The normalized spacial score (nSPS) is 38.5. The largest absolute Gasteiger partial charge is 0.314 e. The molecule has 0 heterocycles. The van der Waals surface area contributed by atoms with Crippen molar-refractivity contribution >= 4 is 0 Å². The highest BCUT2D eigenvalue weighted by Gasteiger charge is 2.25. The SMILES string of the molecule is CCC1CCCC1NCCC1CCC(C)CC1. The summed E-state index contributed by atoms with van der Waals surface area (Å²) in [6.07, 6.45) is 13.1. The number of rotatable bonds is 5. The molecule has 17 heavy (non-hydrogen) atoms. The van der Waals surface area contributed by atoms with Crippen molar-refractivity contribution in [3.63, 3.8) is 0 Å². The van der Waals surface area contributed by atoms with Gasteiger partial charge < -0.3 is 5.32 Å². The highest BCUT2D eigenvalue weighted by atomic mass is 14.9. The Bertz CT molecular complexity index is 206. The molecule has 2 unspecified atom stereocenters. The van der Waals surface area contributed by atoms with E-state index in [1.165, 1.54) is 64.3 Å². The summed E-state index contributed by atoms with van der Waals surface area (Å²) in [5.41, 5.74) is 0. The highest BCUT2D eigenvalue weighted by Crippen LogP contribution is 2.31. The van der Waals surface area contributed by atoms with E-state index < -0.39 is 0 Å². The molecule has 0 radical (unpaired) electrons. The molecule has 0 aliphatic heterocycles. The van der Waals surface area contributed by atoms with E-state index in [4.69, 9.17) is 0 Å². The lowest BCUT2D eigenvalue weighted by atomic mass is 9.81. The van der Waals surface area contributed by atoms with Crippen molar-refractivity contribution < 1.29 is 0 Å². The van der Waals surface area contributed by atoms with E-state index in [1.54, 1.807) is 0 Å². The quantitative estimate of drug-likeness (QED) is 0.748. The van der Waals surface area contributed by atoms with E-state index in [0.717, 1.165) is 23.8 Å². The molecule has 2 saturated carbocycles. The summed E-state index contributed by atoms with van der Waals surface area (Å²) >= 11 is 0. The summed E-state index contributed by atoms with van der Waals surface area (Å²) in [7, 11) is 0. The molecule has 0 saturated heterocycles. The monoisotopic (exact) mass is 237 g/mol. The van der Waals surface area contributed by atoms with Gasteiger partial charge in [0.15, 0.2) is 0 Å². The molecule has 2 aliphatic carbocycles. The molecule has 100 valence electrons. The fourth-order valence-electron chi connectivity index (χ4n) is 3.88. The smallest absolute Gasteiger partial charge is 0.00952 e. The molecule has 2 fully saturated rings. The Kier molecular flexibility index (Phi) is 5.34. The lowest BCUT2D eigenvalue weighted by Crippen LogP contribution is -2.33. The van der Waals surface area contributed by atoms with Gasteiger partial charge in [0.25, 0.3) is 0 Å². The Balaban J connectivity index is 1.59. The van der Waals surface area contributed by atoms with E-state index in [9.17, 15) is 0 Å². The van der Waals surface area contributed by atoms with E-state index >= 15 is 0 Å². The fraction of sp³-hybridized carbons (Fsp3) is 1.00. The first kappa shape index (κ1) is 13.4. The first-order valence-corrected chi connectivity index (χ1v) is 8.03. The zero-order valence-electron chi connectivity index (χ0n) is 11.9. The van der Waals surface area contributed by atoms with Crippen LogP contribution in [0.1, 0.15) is 71.6 Å². The summed E-state index contributed by atoms with van der Waals surface area (Å²) in [5, 5.41) is 3.84. The minimum absolute atomic E-state index is 0.850. The maximum atomic E-state index is 3.84. The Morgan fingerprint density at radius 3 is 2.47 bits per heavy atom. The van der Waals surface area contributed by atoms with Crippen molar-refractivity contribution in [3.05, 3.63) is 0 Å². The van der Waals surface area contributed by atoms with E-state index in [-0.39, 0.29) is 0 Å². The van der Waals surface area contributed by atoms with Gasteiger partial charge in [0, 0.05) is 6.04 Å². The Morgan fingerprint density at radius 1 is 1.00 bits per heavy atom. The zero-order chi connectivity index (χ0) is 12.1. The molecule has 0 spiro atoms. The number of hydrogen-bond acceptors (Lipinski definition) is 1. The molecule has 0 amide bonds. The van der Waals surface area contributed by atoms with Crippen LogP contribution in [0, 0.1) is 17.8 Å². The van der Waals surface area contributed by atoms with Crippen molar-refractivity contribution in [2.75, 3.05) is 6.54 Å². The van der Waals surface area contributed by atoms with E-state index in [2.05, 4.69) is 19.2 Å². The minimum atomic E-state index is 0.850. The van der Waals surface area contributed by atoms with Gasteiger partial charge in [-0.1, -0.05) is 52.4 Å². The van der Waals surface area contributed by atoms with Gasteiger partial charge in [0.1, 0.15) is 0 Å². The maximum Gasteiger partial charge on any atom is 0.00952 e. The zero-order valence-corrected chi connectivity index (χ0v) is 11.9. The van der Waals surface area contributed by atoms with Crippen LogP contribution in [0.3, 0.4) is 0 Å². The van der Waals surface area contributed by atoms with Gasteiger partial charge >= 0.3 is 0 Å². The molecule has 1 heteroatoms. The van der Waals surface area contributed by atoms with Crippen LogP contribution < -0.4 is 5.32 Å².